The lowest BCUT2D eigenvalue weighted by Gasteiger charge is -2.27. The van der Waals surface area contributed by atoms with E-state index < -0.39 is 11.7 Å². The smallest absolute Gasteiger partial charge is 0.382 e. The molecule has 1 aromatic carbocycles. The molecule has 2 heterocycles. The van der Waals surface area contributed by atoms with Gasteiger partial charge in [-0.3, -0.25) is 0 Å². The number of aromatic nitrogens is 4. The highest BCUT2D eigenvalue weighted by Gasteiger charge is 2.31. The zero-order valence-corrected chi connectivity index (χ0v) is 14.9. The fraction of sp³-hybridized carbons (Fsp3) is 0.421. The van der Waals surface area contributed by atoms with Gasteiger partial charge in [0.1, 0.15) is 5.52 Å². The van der Waals surface area contributed by atoms with Gasteiger partial charge < -0.3 is 10.3 Å². The Bertz CT molecular complexity index is 971. The van der Waals surface area contributed by atoms with E-state index in [9.17, 15) is 13.2 Å². The van der Waals surface area contributed by atoms with Gasteiger partial charge in [0.15, 0.2) is 17.3 Å². The number of nitrogens with two attached hydrogens (primary N) is 1. The highest BCUT2D eigenvalue weighted by Crippen LogP contribution is 2.35. The first-order valence-corrected chi connectivity index (χ1v) is 9.00. The molecular weight excluding hydrogens is 355 g/mol. The summed E-state index contributed by atoms with van der Waals surface area (Å²) in [5.41, 5.74) is 6.64. The summed E-state index contributed by atoms with van der Waals surface area (Å²) in [4.78, 5) is 13.1. The molecule has 0 saturated heterocycles. The van der Waals surface area contributed by atoms with Crippen LogP contribution in [-0.4, -0.2) is 19.5 Å². The number of hydrogen-bond acceptors (Lipinski definition) is 4. The van der Waals surface area contributed by atoms with E-state index in [2.05, 4.69) is 21.9 Å². The van der Waals surface area contributed by atoms with Crippen LogP contribution in [0.4, 0.5) is 19.0 Å². The fourth-order valence-electron chi connectivity index (χ4n) is 3.69. The Morgan fingerprint density at radius 2 is 1.85 bits per heavy atom. The minimum absolute atomic E-state index is 0.176. The third-order valence-electron chi connectivity index (χ3n) is 5.28. The molecule has 0 radical (unpaired) electrons. The third kappa shape index (κ3) is 3.36. The normalized spacial score (nSPS) is 20.9. The number of nitrogen functional groups attached to an aromatic ring is 1. The highest BCUT2D eigenvalue weighted by molar-refractivity contribution is 5.84. The van der Waals surface area contributed by atoms with Gasteiger partial charge in [-0.1, -0.05) is 19.1 Å². The molecule has 0 amide bonds. The summed E-state index contributed by atoms with van der Waals surface area (Å²) in [6.45, 7) is 2.24. The van der Waals surface area contributed by atoms with Crippen molar-refractivity contribution in [1.82, 2.24) is 19.5 Å². The van der Waals surface area contributed by atoms with E-state index in [-0.39, 0.29) is 23.2 Å². The highest BCUT2D eigenvalue weighted by atomic mass is 19.4. The van der Waals surface area contributed by atoms with Crippen LogP contribution in [0.25, 0.3) is 22.6 Å². The summed E-state index contributed by atoms with van der Waals surface area (Å²) in [5, 5.41) is 0. The van der Waals surface area contributed by atoms with E-state index in [1.807, 2.05) is 4.57 Å². The number of rotatable bonds is 2. The van der Waals surface area contributed by atoms with Crippen LogP contribution in [0.15, 0.2) is 30.6 Å². The van der Waals surface area contributed by atoms with Gasteiger partial charge in [0.05, 0.1) is 11.9 Å². The van der Waals surface area contributed by atoms with Crippen LogP contribution in [-0.2, 0) is 6.18 Å². The fourth-order valence-corrected chi connectivity index (χ4v) is 3.69. The van der Waals surface area contributed by atoms with Gasteiger partial charge in [-0.05, 0) is 43.7 Å². The molecule has 0 atom stereocenters. The SMILES string of the molecule is CC1CCC(n2cnc3c(N)nc(-c4cccc(C(F)(F)F)c4)nc32)CC1. The second-order valence-electron chi connectivity index (χ2n) is 7.25. The molecule has 0 unspecified atom stereocenters. The molecule has 0 aliphatic heterocycles. The van der Waals surface area contributed by atoms with E-state index >= 15 is 0 Å². The largest absolute Gasteiger partial charge is 0.416 e. The van der Waals surface area contributed by atoms with Crippen molar-refractivity contribution >= 4 is 17.0 Å². The molecule has 1 saturated carbocycles. The van der Waals surface area contributed by atoms with Gasteiger partial charge in [-0.15, -0.1) is 0 Å². The van der Waals surface area contributed by atoms with Crippen LogP contribution in [0.3, 0.4) is 0 Å². The molecule has 1 aliphatic rings. The molecule has 2 aromatic heterocycles. The summed E-state index contributed by atoms with van der Waals surface area (Å²) in [6, 6.07) is 5.25. The Morgan fingerprint density at radius 1 is 1.11 bits per heavy atom. The molecule has 8 heteroatoms. The van der Waals surface area contributed by atoms with Crippen molar-refractivity contribution < 1.29 is 13.2 Å². The quantitative estimate of drug-likeness (QED) is 0.695. The van der Waals surface area contributed by atoms with Crippen LogP contribution < -0.4 is 5.73 Å². The monoisotopic (exact) mass is 375 g/mol. The van der Waals surface area contributed by atoms with E-state index in [0.29, 0.717) is 17.1 Å². The van der Waals surface area contributed by atoms with Gasteiger partial charge in [0, 0.05) is 11.6 Å². The van der Waals surface area contributed by atoms with Crippen molar-refractivity contribution in [2.24, 2.45) is 5.92 Å². The predicted octanol–water partition coefficient (Wildman–Crippen LogP) is 4.85. The Hall–Kier alpha value is -2.64. The van der Waals surface area contributed by atoms with E-state index in [1.54, 1.807) is 12.4 Å². The molecular formula is C19H20F3N5. The molecule has 1 fully saturated rings. The predicted molar refractivity (Wildman–Crippen MR) is 96.8 cm³/mol. The van der Waals surface area contributed by atoms with Crippen LogP contribution in [0.1, 0.15) is 44.2 Å². The molecule has 1 aliphatic carbocycles. The van der Waals surface area contributed by atoms with Gasteiger partial charge in [0.2, 0.25) is 0 Å². The first-order chi connectivity index (χ1) is 12.8. The zero-order chi connectivity index (χ0) is 19.2. The summed E-state index contributed by atoms with van der Waals surface area (Å²) in [7, 11) is 0. The topological polar surface area (TPSA) is 69.6 Å². The molecule has 5 nitrogen and oxygen atoms in total. The minimum Gasteiger partial charge on any atom is -0.382 e. The standard InChI is InChI=1S/C19H20F3N5/c1-11-5-7-14(8-6-11)27-10-24-15-16(23)25-17(26-18(15)27)12-3-2-4-13(9-12)19(20,21)22/h2-4,9-11,14H,5-8H2,1H3,(H2,23,25,26). The van der Waals surface area contributed by atoms with Crippen molar-refractivity contribution in [1.29, 1.82) is 0 Å². The number of fused-ring (bicyclic) bond motifs is 1. The number of alkyl halides is 3. The van der Waals surface area contributed by atoms with E-state index in [1.165, 1.54) is 6.07 Å². The molecule has 0 bridgehead atoms. The minimum atomic E-state index is -4.42. The van der Waals surface area contributed by atoms with Crippen LogP contribution in [0, 0.1) is 5.92 Å². The number of benzene rings is 1. The van der Waals surface area contributed by atoms with Crippen molar-refractivity contribution in [3.63, 3.8) is 0 Å². The molecule has 2 N–H and O–H groups in total. The lowest BCUT2D eigenvalue weighted by atomic mass is 9.87. The Kier molecular flexibility index (Phi) is 4.28. The van der Waals surface area contributed by atoms with Gasteiger partial charge in [-0.25, -0.2) is 15.0 Å². The Labute approximate surface area is 154 Å². The van der Waals surface area contributed by atoms with Crippen molar-refractivity contribution in [3.8, 4) is 11.4 Å². The van der Waals surface area contributed by atoms with Gasteiger partial charge >= 0.3 is 6.18 Å². The van der Waals surface area contributed by atoms with Crippen molar-refractivity contribution in [2.75, 3.05) is 5.73 Å². The van der Waals surface area contributed by atoms with Crippen molar-refractivity contribution in [2.45, 2.75) is 44.8 Å². The second-order valence-corrected chi connectivity index (χ2v) is 7.25. The van der Waals surface area contributed by atoms with E-state index in [4.69, 9.17) is 5.73 Å². The van der Waals surface area contributed by atoms with Gasteiger partial charge in [-0.2, -0.15) is 13.2 Å². The summed E-state index contributed by atoms with van der Waals surface area (Å²) < 4.78 is 41.1. The molecule has 0 spiro atoms. The number of hydrogen-bond donors (Lipinski definition) is 1. The van der Waals surface area contributed by atoms with E-state index in [0.717, 1.165) is 37.8 Å². The van der Waals surface area contributed by atoms with Crippen LogP contribution >= 0.6 is 0 Å². The third-order valence-corrected chi connectivity index (χ3v) is 5.28. The number of imidazole rings is 1. The molecule has 4 rings (SSSR count). The average Bonchev–Trinajstić information content (AvgIpc) is 3.06. The number of halogens is 3. The zero-order valence-electron chi connectivity index (χ0n) is 14.9. The summed E-state index contributed by atoms with van der Waals surface area (Å²) >= 11 is 0. The Morgan fingerprint density at radius 3 is 2.56 bits per heavy atom. The lowest BCUT2D eigenvalue weighted by Crippen LogP contribution is -2.16. The summed E-state index contributed by atoms with van der Waals surface area (Å²) in [5.74, 6) is 1.06. The molecule has 27 heavy (non-hydrogen) atoms. The first kappa shape index (κ1) is 17.8. The lowest BCUT2D eigenvalue weighted by molar-refractivity contribution is -0.137. The molecule has 142 valence electrons. The summed E-state index contributed by atoms with van der Waals surface area (Å²) in [6.07, 6.45) is 1.60. The average molecular weight is 375 g/mol. The maximum absolute atomic E-state index is 13.0. The molecule has 3 aromatic rings. The number of nitrogens with zero attached hydrogens (tertiary/aromatic N) is 4. The van der Waals surface area contributed by atoms with Crippen molar-refractivity contribution in [3.05, 3.63) is 36.2 Å². The second kappa shape index (κ2) is 6.51. The van der Waals surface area contributed by atoms with Gasteiger partial charge in [0.25, 0.3) is 0 Å². The van der Waals surface area contributed by atoms with Crippen LogP contribution in [0.2, 0.25) is 0 Å². The first-order valence-electron chi connectivity index (χ1n) is 9.00. The maximum atomic E-state index is 13.0. The van der Waals surface area contributed by atoms with Crippen LogP contribution in [0.5, 0.6) is 0 Å². The number of anilines is 1. The Balaban J connectivity index is 1.78. The maximum Gasteiger partial charge on any atom is 0.416 e.